The maximum absolute atomic E-state index is 11.3. The number of nitrogens with two attached hydrogens (primary N) is 1. The number of amides is 1. The fourth-order valence-corrected chi connectivity index (χ4v) is 0.903. The average Bonchev–Trinajstić information content (AvgIpc) is 2.02. The van der Waals surface area contributed by atoms with Crippen LogP contribution in [0.5, 0.6) is 0 Å². The lowest BCUT2D eigenvalue weighted by Crippen LogP contribution is -2.41. The molecule has 2 N–H and O–H groups in total. The molecular formula is C8H18N2O. The lowest BCUT2D eigenvalue weighted by Gasteiger charge is -2.19. The van der Waals surface area contributed by atoms with Crippen LogP contribution >= 0.6 is 0 Å². The maximum Gasteiger partial charge on any atom is 0.239 e. The van der Waals surface area contributed by atoms with E-state index in [0.717, 1.165) is 13.0 Å². The minimum absolute atomic E-state index is 0.0503. The van der Waals surface area contributed by atoms with Crippen LogP contribution in [0.3, 0.4) is 0 Å². The Balaban J connectivity index is 3.81. The molecule has 1 atom stereocenters. The van der Waals surface area contributed by atoms with Crippen molar-refractivity contribution in [3.63, 3.8) is 0 Å². The van der Waals surface area contributed by atoms with E-state index in [-0.39, 0.29) is 11.9 Å². The van der Waals surface area contributed by atoms with Gasteiger partial charge in [0.25, 0.3) is 0 Å². The highest BCUT2D eigenvalue weighted by atomic mass is 16.2. The Bertz CT molecular complexity index is 125. The summed E-state index contributed by atoms with van der Waals surface area (Å²) in [7, 11) is 1.79. The van der Waals surface area contributed by atoms with E-state index in [9.17, 15) is 4.79 Å². The minimum atomic E-state index is -0.313. The summed E-state index contributed by atoms with van der Waals surface area (Å²) < 4.78 is 0. The quantitative estimate of drug-likeness (QED) is 0.651. The summed E-state index contributed by atoms with van der Waals surface area (Å²) in [4.78, 5) is 13.0. The first-order valence-electron chi connectivity index (χ1n) is 4.14. The van der Waals surface area contributed by atoms with Gasteiger partial charge >= 0.3 is 0 Å². The zero-order valence-electron chi connectivity index (χ0n) is 7.63. The van der Waals surface area contributed by atoms with E-state index in [2.05, 4.69) is 0 Å². The van der Waals surface area contributed by atoms with E-state index in [4.69, 9.17) is 5.73 Å². The van der Waals surface area contributed by atoms with Gasteiger partial charge in [-0.15, -0.1) is 0 Å². The zero-order valence-corrected chi connectivity index (χ0v) is 7.63. The smallest absolute Gasteiger partial charge is 0.239 e. The molecule has 0 fully saturated rings. The van der Waals surface area contributed by atoms with E-state index in [1.165, 1.54) is 0 Å². The Hall–Kier alpha value is -0.570. The molecule has 11 heavy (non-hydrogen) atoms. The molecule has 0 saturated heterocycles. The van der Waals surface area contributed by atoms with E-state index in [1.807, 2.05) is 13.8 Å². The van der Waals surface area contributed by atoms with E-state index in [0.29, 0.717) is 6.42 Å². The molecule has 3 heteroatoms. The van der Waals surface area contributed by atoms with Crippen molar-refractivity contribution in [1.82, 2.24) is 4.90 Å². The Morgan fingerprint density at radius 1 is 1.55 bits per heavy atom. The van der Waals surface area contributed by atoms with Gasteiger partial charge in [0.15, 0.2) is 0 Å². The van der Waals surface area contributed by atoms with Gasteiger partial charge in [0.2, 0.25) is 5.91 Å². The standard InChI is InChI=1S/C8H18N2O/c1-4-6-10(3)8(11)7(9)5-2/h7H,4-6,9H2,1-3H3/t7-/m0/s1. The summed E-state index contributed by atoms with van der Waals surface area (Å²) in [5.74, 6) is 0.0503. The lowest BCUT2D eigenvalue weighted by atomic mass is 10.2. The number of nitrogens with zero attached hydrogens (tertiary/aromatic N) is 1. The van der Waals surface area contributed by atoms with Gasteiger partial charge in [-0.1, -0.05) is 13.8 Å². The van der Waals surface area contributed by atoms with Crippen LogP contribution in [-0.4, -0.2) is 30.4 Å². The first kappa shape index (κ1) is 10.4. The molecule has 0 heterocycles. The van der Waals surface area contributed by atoms with Crippen molar-refractivity contribution in [2.45, 2.75) is 32.7 Å². The zero-order chi connectivity index (χ0) is 8.85. The van der Waals surface area contributed by atoms with Crippen molar-refractivity contribution in [2.24, 2.45) is 5.73 Å². The molecule has 0 saturated carbocycles. The van der Waals surface area contributed by atoms with Crippen molar-refractivity contribution < 1.29 is 4.79 Å². The van der Waals surface area contributed by atoms with Gasteiger partial charge in [-0.3, -0.25) is 4.79 Å². The Morgan fingerprint density at radius 2 is 2.09 bits per heavy atom. The highest BCUT2D eigenvalue weighted by Crippen LogP contribution is 1.94. The molecule has 0 aromatic carbocycles. The molecule has 0 aliphatic heterocycles. The van der Waals surface area contributed by atoms with Gasteiger partial charge in [0.1, 0.15) is 0 Å². The van der Waals surface area contributed by atoms with Crippen molar-refractivity contribution in [3.05, 3.63) is 0 Å². The fraction of sp³-hybridized carbons (Fsp3) is 0.875. The van der Waals surface area contributed by atoms with Crippen LogP contribution in [0.4, 0.5) is 0 Å². The van der Waals surface area contributed by atoms with Crippen molar-refractivity contribution >= 4 is 5.91 Å². The molecule has 0 aliphatic rings. The molecule has 0 spiro atoms. The van der Waals surface area contributed by atoms with Gasteiger partial charge in [-0.05, 0) is 12.8 Å². The molecule has 0 radical (unpaired) electrons. The van der Waals surface area contributed by atoms with E-state index < -0.39 is 0 Å². The van der Waals surface area contributed by atoms with Crippen molar-refractivity contribution in [2.75, 3.05) is 13.6 Å². The molecule has 0 bridgehead atoms. The molecule has 3 nitrogen and oxygen atoms in total. The number of hydrogen-bond acceptors (Lipinski definition) is 2. The summed E-state index contributed by atoms with van der Waals surface area (Å²) in [6.07, 6.45) is 1.70. The largest absolute Gasteiger partial charge is 0.344 e. The summed E-state index contributed by atoms with van der Waals surface area (Å²) in [6.45, 7) is 4.76. The highest BCUT2D eigenvalue weighted by Gasteiger charge is 2.14. The third kappa shape index (κ3) is 3.37. The Morgan fingerprint density at radius 3 is 2.45 bits per heavy atom. The highest BCUT2D eigenvalue weighted by molar-refractivity contribution is 5.81. The van der Waals surface area contributed by atoms with Crippen LogP contribution in [0.1, 0.15) is 26.7 Å². The molecule has 66 valence electrons. The molecule has 0 aliphatic carbocycles. The van der Waals surface area contributed by atoms with E-state index >= 15 is 0 Å². The van der Waals surface area contributed by atoms with Gasteiger partial charge < -0.3 is 10.6 Å². The fourth-order valence-electron chi connectivity index (χ4n) is 0.903. The van der Waals surface area contributed by atoms with Gasteiger partial charge in [0, 0.05) is 13.6 Å². The number of carbonyl (C=O) groups excluding carboxylic acids is 1. The Labute approximate surface area is 68.6 Å². The predicted molar refractivity (Wildman–Crippen MR) is 46.2 cm³/mol. The van der Waals surface area contributed by atoms with Crippen molar-refractivity contribution in [1.29, 1.82) is 0 Å². The number of rotatable bonds is 4. The second-order valence-electron chi connectivity index (χ2n) is 2.77. The van der Waals surface area contributed by atoms with Crippen molar-refractivity contribution in [3.8, 4) is 0 Å². The molecule has 0 aromatic heterocycles. The van der Waals surface area contributed by atoms with Crippen LogP contribution in [0.2, 0.25) is 0 Å². The predicted octanol–water partition coefficient (Wildman–Crippen LogP) is 0.592. The molecule has 0 rings (SSSR count). The van der Waals surface area contributed by atoms with E-state index in [1.54, 1.807) is 11.9 Å². The lowest BCUT2D eigenvalue weighted by molar-refractivity contribution is -0.131. The third-order valence-electron chi connectivity index (χ3n) is 1.69. The second kappa shape index (κ2) is 5.13. The summed E-state index contributed by atoms with van der Waals surface area (Å²) in [6, 6.07) is -0.313. The average molecular weight is 158 g/mol. The number of carbonyl (C=O) groups is 1. The maximum atomic E-state index is 11.3. The van der Waals surface area contributed by atoms with Crippen LogP contribution in [0, 0.1) is 0 Å². The first-order valence-corrected chi connectivity index (χ1v) is 4.14. The van der Waals surface area contributed by atoms with Gasteiger partial charge in [0.05, 0.1) is 6.04 Å². The topological polar surface area (TPSA) is 46.3 Å². The summed E-state index contributed by atoms with van der Waals surface area (Å²) >= 11 is 0. The third-order valence-corrected chi connectivity index (χ3v) is 1.69. The molecule has 0 unspecified atom stereocenters. The summed E-state index contributed by atoms with van der Waals surface area (Å²) in [5, 5.41) is 0. The Kier molecular flexibility index (Phi) is 4.86. The number of likely N-dealkylation sites (N-methyl/N-ethyl adjacent to an activating group) is 1. The van der Waals surface area contributed by atoms with Crippen LogP contribution < -0.4 is 5.73 Å². The normalized spacial score (nSPS) is 12.7. The van der Waals surface area contributed by atoms with Gasteiger partial charge in [-0.25, -0.2) is 0 Å². The molecular weight excluding hydrogens is 140 g/mol. The second-order valence-corrected chi connectivity index (χ2v) is 2.77. The van der Waals surface area contributed by atoms with Gasteiger partial charge in [-0.2, -0.15) is 0 Å². The first-order chi connectivity index (χ1) is 5.13. The number of hydrogen-bond donors (Lipinski definition) is 1. The SMILES string of the molecule is CCCN(C)C(=O)[C@@H](N)CC. The summed E-state index contributed by atoms with van der Waals surface area (Å²) in [5.41, 5.74) is 5.56. The minimum Gasteiger partial charge on any atom is -0.344 e. The van der Waals surface area contributed by atoms with Crippen LogP contribution in [0.25, 0.3) is 0 Å². The molecule has 0 aromatic rings. The van der Waals surface area contributed by atoms with Crippen LogP contribution in [0.15, 0.2) is 0 Å². The van der Waals surface area contributed by atoms with Crippen LogP contribution in [-0.2, 0) is 4.79 Å². The molecule has 1 amide bonds. The monoisotopic (exact) mass is 158 g/mol.